The minimum absolute atomic E-state index is 0.0242. The third-order valence-corrected chi connectivity index (χ3v) is 6.35. The van der Waals surface area contributed by atoms with Gasteiger partial charge in [-0.3, -0.25) is 14.4 Å². The molecule has 6 nitrogen and oxygen atoms in total. The number of nitrogens with one attached hydrogen (secondary N) is 1. The number of thioether (sulfide) groups is 1. The van der Waals surface area contributed by atoms with Crippen molar-refractivity contribution in [3.05, 3.63) is 42.0 Å². The quantitative estimate of drug-likeness (QED) is 0.748. The van der Waals surface area contributed by atoms with E-state index in [4.69, 9.17) is 0 Å². The van der Waals surface area contributed by atoms with Gasteiger partial charge in [-0.15, -0.1) is 11.8 Å². The highest BCUT2D eigenvalue weighted by atomic mass is 32.2. The fraction of sp³-hybridized carbons (Fsp3) is 0.522. The lowest BCUT2D eigenvalue weighted by Gasteiger charge is -2.34. The van der Waals surface area contributed by atoms with Crippen LogP contribution in [-0.4, -0.2) is 63.8 Å². The molecule has 1 aromatic carbocycles. The molecular formula is C23H31N3O3S. The standard InChI is InChI=1S/C23H31N3O3S/c1-23(2,3)24-21(28)19-15-30-16-26(19)22(29)18-11-13-25(14-12-18)20(27)10-9-17-7-5-4-6-8-17/h4-10,18-19H,11-16H2,1-3H3,(H,24,28)/b10-9+. The van der Waals surface area contributed by atoms with Gasteiger partial charge in [0.2, 0.25) is 17.7 Å². The number of hydrogen-bond acceptors (Lipinski definition) is 4. The smallest absolute Gasteiger partial charge is 0.246 e. The molecule has 0 saturated carbocycles. The van der Waals surface area contributed by atoms with Crippen LogP contribution in [-0.2, 0) is 14.4 Å². The molecule has 0 bridgehead atoms. The van der Waals surface area contributed by atoms with E-state index in [1.165, 1.54) is 0 Å². The Labute approximate surface area is 183 Å². The average molecular weight is 430 g/mol. The van der Waals surface area contributed by atoms with Gasteiger partial charge in [-0.05, 0) is 45.3 Å². The first-order valence-electron chi connectivity index (χ1n) is 10.5. The Hall–Kier alpha value is -2.28. The maximum absolute atomic E-state index is 13.1. The zero-order chi connectivity index (χ0) is 21.7. The first-order chi connectivity index (χ1) is 14.2. The van der Waals surface area contributed by atoms with Crippen LogP contribution < -0.4 is 5.32 Å². The minimum Gasteiger partial charge on any atom is -0.350 e. The molecule has 1 aromatic rings. The molecule has 7 heteroatoms. The second kappa shape index (κ2) is 9.69. The van der Waals surface area contributed by atoms with Crippen molar-refractivity contribution in [1.82, 2.24) is 15.1 Å². The summed E-state index contributed by atoms with van der Waals surface area (Å²) in [5.41, 5.74) is 0.667. The zero-order valence-corrected chi connectivity index (χ0v) is 18.8. The summed E-state index contributed by atoms with van der Waals surface area (Å²) in [4.78, 5) is 41.7. The van der Waals surface area contributed by atoms with Crippen LogP contribution >= 0.6 is 11.8 Å². The Bertz CT molecular complexity index is 796. The van der Waals surface area contributed by atoms with Crippen molar-refractivity contribution in [3.63, 3.8) is 0 Å². The van der Waals surface area contributed by atoms with Gasteiger partial charge < -0.3 is 15.1 Å². The topological polar surface area (TPSA) is 69.7 Å². The number of nitrogens with zero attached hydrogens (tertiary/aromatic N) is 2. The van der Waals surface area contributed by atoms with Crippen molar-refractivity contribution in [1.29, 1.82) is 0 Å². The van der Waals surface area contributed by atoms with Gasteiger partial charge in [0.25, 0.3) is 0 Å². The third kappa shape index (κ3) is 5.88. The summed E-state index contributed by atoms with van der Waals surface area (Å²) < 4.78 is 0. The van der Waals surface area contributed by atoms with E-state index in [2.05, 4.69) is 5.32 Å². The van der Waals surface area contributed by atoms with Gasteiger partial charge in [0.05, 0.1) is 5.88 Å². The summed E-state index contributed by atoms with van der Waals surface area (Å²) in [5.74, 6) is 0.996. The van der Waals surface area contributed by atoms with Gasteiger partial charge in [-0.1, -0.05) is 30.3 Å². The van der Waals surface area contributed by atoms with E-state index < -0.39 is 6.04 Å². The van der Waals surface area contributed by atoms with Crippen molar-refractivity contribution >= 4 is 35.6 Å². The highest BCUT2D eigenvalue weighted by Gasteiger charge is 2.39. The van der Waals surface area contributed by atoms with Crippen LogP contribution in [0.3, 0.4) is 0 Å². The SMILES string of the molecule is CC(C)(C)NC(=O)C1CSCN1C(=O)C1CCN(C(=O)/C=C/c2ccccc2)CC1. The Morgan fingerprint density at radius 3 is 2.40 bits per heavy atom. The lowest BCUT2D eigenvalue weighted by molar-refractivity contribution is -0.143. The number of amides is 3. The maximum atomic E-state index is 13.1. The molecule has 1 unspecified atom stereocenters. The Balaban J connectivity index is 1.52. The molecule has 2 saturated heterocycles. The lowest BCUT2D eigenvalue weighted by atomic mass is 9.94. The number of piperidine rings is 1. The second-order valence-electron chi connectivity index (χ2n) is 8.91. The highest BCUT2D eigenvalue weighted by Crippen LogP contribution is 2.27. The molecule has 0 aromatic heterocycles. The number of benzene rings is 1. The van der Waals surface area contributed by atoms with Crippen LogP contribution in [0.25, 0.3) is 6.08 Å². The summed E-state index contributed by atoms with van der Waals surface area (Å²) in [6.07, 6.45) is 4.69. The number of carbonyl (C=O) groups is 3. The van der Waals surface area contributed by atoms with E-state index in [9.17, 15) is 14.4 Å². The molecule has 3 amide bonds. The fourth-order valence-electron chi connectivity index (χ4n) is 3.75. The Morgan fingerprint density at radius 1 is 1.10 bits per heavy atom. The van der Waals surface area contributed by atoms with Crippen LogP contribution in [0.2, 0.25) is 0 Å². The molecule has 2 fully saturated rings. The Morgan fingerprint density at radius 2 is 1.77 bits per heavy atom. The number of carbonyl (C=O) groups excluding carboxylic acids is 3. The molecule has 1 atom stereocenters. The molecule has 0 aliphatic carbocycles. The second-order valence-corrected chi connectivity index (χ2v) is 9.91. The molecule has 3 rings (SSSR count). The number of hydrogen-bond donors (Lipinski definition) is 1. The number of likely N-dealkylation sites (tertiary alicyclic amines) is 1. The average Bonchev–Trinajstić information content (AvgIpc) is 3.21. The fourth-order valence-corrected chi connectivity index (χ4v) is 4.91. The predicted octanol–water partition coefficient (Wildman–Crippen LogP) is 2.75. The van der Waals surface area contributed by atoms with E-state index in [0.717, 1.165) is 5.56 Å². The van der Waals surface area contributed by atoms with Crippen molar-refractivity contribution in [2.75, 3.05) is 24.7 Å². The first kappa shape index (κ1) is 22.4. The summed E-state index contributed by atoms with van der Waals surface area (Å²) in [7, 11) is 0. The van der Waals surface area contributed by atoms with Crippen molar-refractivity contribution in [3.8, 4) is 0 Å². The van der Waals surface area contributed by atoms with Gasteiger partial charge in [0, 0.05) is 36.4 Å². The molecule has 162 valence electrons. The minimum atomic E-state index is -0.407. The van der Waals surface area contributed by atoms with E-state index in [-0.39, 0.29) is 29.2 Å². The van der Waals surface area contributed by atoms with E-state index in [1.807, 2.05) is 57.2 Å². The molecule has 2 aliphatic heterocycles. The monoisotopic (exact) mass is 429 g/mol. The van der Waals surface area contributed by atoms with Crippen molar-refractivity contribution in [2.24, 2.45) is 5.92 Å². The Kier molecular flexibility index (Phi) is 7.23. The van der Waals surface area contributed by atoms with Gasteiger partial charge in [0.15, 0.2) is 0 Å². The normalized spacial score (nSPS) is 20.6. The van der Waals surface area contributed by atoms with Crippen LogP contribution in [0.5, 0.6) is 0 Å². The van der Waals surface area contributed by atoms with Gasteiger partial charge in [0.1, 0.15) is 6.04 Å². The van der Waals surface area contributed by atoms with E-state index in [1.54, 1.807) is 27.6 Å². The van der Waals surface area contributed by atoms with Crippen molar-refractivity contribution in [2.45, 2.75) is 45.2 Å². The molecule has 2 heterocycles. The van der Waals surface area contributed by atoms with Gasteiger partial charge >= 0.3 is 0 Å². The molecule has 0 spiro atoms. The molecule has 2 aliphatic rings. The molecule has 30 heavy (non-hydrogen) atoms. The van der Waals surface area contributed by atoms with Crippen LogP contribution in [0.1, 0.15) is 39.2 Å². The summed E-state index contributed by atoms with van der Waals surface area (Å²) >= 11 is 1.62. The van der Waals surface area contributed by atoms with Gasteiger partial charge in [-0.25, -0.2) is 0 Å². The van der Waals surface area contributed by atoms with E-state index in [0.29, 0.717) is 37.6 Å². The summed E-state index contributed by atoms with van der Waals surface area (Å²) in [6.45, 7) is 6.96. The van der Waals surface area contributed by atoms with E-state index >= 15 is 0 Å². The maximum Gasteiger partial charge on any atom is 0.246 e. The number of rotatable bonds is 4. The zero-order valence-electron chi connectivity index (χ0n) is 18.0. The largest absolute Gasteiger partial charge is 0.350 e. The summed E-state index contributed by atoms with van der Waals surface area (Å²) in [6, 6.07) is 9.32. The summed E-state index contributed by atoms with van der Waals surface area (Å²) in [5, 5.41) is 2.99. The molecule has 0 radical (unpaired) electrons. The lowest BCUT2D eigenvalue weighted by Crippen LogP contribution is -2.54. The first-order valence-corrected chi connectivity index (χ1v) is 11.6. The van der Waals surface area contributed by atoms with Crippen molar-refractivity contribution < 1.29 is 14.4 Å². The van der Waals surface area contributed by atoms with Crippen LogP contribution in [0, 0.1) is 5.92 Å². The predicted molar refractivity (Wildman–Crippen MR) is 121 cm³/mol. The van der Waals surface area contributed by atoms with Crippen LogP contribution in [0.4, 0.5) is 0 Å². The highest BCUT2D eigenvalue weighted by molar-refractivity contribution is 7.99. The molecule has 1 N–H and O–H groups in total. The van der Waals surface area contributed by atoms with Crippen LogP contribution in [0.15, 0.2) is 36.4 Å². The molecular weight excluding hydrogens is 398 g/mol. The van der Waals surface area contributed by atoms with Gasteiger partial charge in [-0.2, -0.15) is 0 Å². The third-order valence-electron chi connectivity index (χ3n) is 5.34.